The highest BCUT2D eigenvalue weighted by molar-refractivity contribution is 5.74. The van der Waals surface area contributed by atoms with Gasteiger partial charge < -0.3 is 20.8 Å². The summed E-state index contributed by atoms with van der Waals surface area (Å²) in [7, 11) is 0. The van der Waals surface area contributed by atoms with Crippen LogP contribution in [0.5, 0.6) is 0 Å². The van der Waals surface area contributed by atoms with Gasteiger partial charge in [-0.3, -0.25) is 0 Å². The predicted molar refractivity (Wildman–Crippen MR) is 87.4 cm³/mol. The van der Waals surface area contributed by atoms with Crippen molar-refractivity contribution >= 4 is 6.03 Å². The first kappa shape index (κ1) is 20.3. The molecule has 1 aromatic rings. The summed E-state index contributed by atoms with van der Waals surface area (Å²) in [6.07, 6.45) is -1.12. The fourth-order valence-corrected chi connectivity index (χ4v) is 2.51. The lowest BCUT2D eigenvalue weighted by Gasteiger charge is -2.27. The average molecular weight is 344 g/mol. The van der Waals surface area contributed by atoms with Crippen molar-refractivity contribution in [1.82, 2.24) is 10.6 Å². The molecule has 0 aliphatic carbocycles. The minimum atomic E-state index is -1.17. The number of carbonyl (C=O) groups excluding carboxylic acids is 1. The number of carbonyl (C=O) groups is 1. The van der Waals surface area contributed by atoms with Gasteiger partial charge in [-0.25, -0.2) is 13.6 Å². The molecule has 1 aromatic carbocycles. The number of aliphatic hydroxyl groups excluding tert-OH is 2. The van der Waals surface area contributed by atoms with Gasteiger partial charge >= 0.3 is 6.03 Å². The standard InChI is InChI=1S/C17H26F2N2O3/c1-10(22)8-17(3,4)9-20-16(24)21-11(2)15(23)12-5-6-13(18)14(19)7-12/h5-7,10-11,15,22-23H,8-9H2,1-4H3,(H2,20,21,24). The zero-order valence-corrected chi connectivity index (χ0v) is 14.4. The molecule has 0 spiro atoms. The zero-order chi connectivity index (χ0) is 18.5. The van der Waals surface area contributed by atoms with Crippen LogP contribution in [-0.4, -0.2) is 34.9 Å². The summed E-state index contributed by atoms with van der Waals surface area (Å²) in [5.74, 6) is -2.05. The molecule has 0 bridgehead atoms. The Bertz CT molecular complexity index is 565. The molecular formula is C17H26F2N2O3. The Balaban J connectivity index is 2.55. The maximum absolute atomic E-state index is 13.2. The van der Waals surface area contributed by atoms with E-state index in [1.807, 2.05) is 13.8 Å². The van der Waals surface area contributed by atoms with Gasteiger partial charge in [0.05, 0.1) is 18.2 Å². The molecule has 3 atom stereocenters. The third-order valence-electron chi connectivity index (χ3n) is 3.69. The van der Waals surface area contributed by atoms with E-state index in [4.69, 9.17) is 0 Å². The highest BCUT2D eigenvalue weighted by Gasteiger charge is 2.23. The molecule has 136 valence electrons. The highest BCUT2D eigenvalue weighted by atomic mass is 19.2. The van der Waals surface area contributed by atoms with E-state index in [-0.39, 0.29) is 11.0 Å². The van der Waals surface area contributed by atoms with E-state index < -0.39 is 35.9 Å². The van der Waals surface area contributed by atoms with Crippen molar-refractivity contribution in [3.8, 4) is 0 Å². The normalized spacial score (nSPS) is 15.5. The van der Waals surface area contributed by atoms with Gasteiger partial charge in [-0.05, 0) is 43.4 Å². The molecular weight excluding hydrogens is 318 g/mol. The van der Waals surface area contributed by atoms with Crippen molar-refractivity contribution in [2.75, 3.05) is 6.54 Å². The number of amides is 2. The predicted octanol–water partition coefficient (Wildman–Crippen LogP) is 2.48. The van der Waals surface area contributed by atoms with E-state index in [0.29, 0.717) is 13.0 Å². The smallest absolute Gasteiger partial charge is 0.315 e. The van der Waals surface area contributed by atoms with Crippen LogP contribution < -0.4 is 10.6 Å². The first-order valence-electron chi connectivity index (χ1n) is 7.87. The van der Waals surface area contributed by atoms with Crippen LogP contribution in [0, 0.1) is 17.0 Å². The lowest BCUT2D eigenvalue weighted by molar-refractivity contribution is 0.125. The third-order valence-corrected chi connectivity index (χ3v) is 3.69. The van der Waals surface area contributed by atoms with Gasteiger partial charge in [-0.1, -0.05) is 19.9 Å². The first-order chi connectivity index (χ1) is 11.0. The van der Waals surface area contributed by atoms with Crippen molar-refractivity contribution in [3.05, 3.63) is 35.4 Å². The molecule has 0 heterocycles. The SMILES string of the molecule is CC(O)CC(C)(C)CNC(=O)NC(C)C(O)c1ccc(F)c(F)c1. The Morgan fingerprint density at radius 2 is 1.83 bits per heavy atom. The van der Waals surface area contributed by atoms with E-state index >= 15 is 0 Å². The summed E-state index contributed by atoms with van der Waals surface area (Å²) < 4.78 is 26.1. The summed E-state index contributed by atoms with van der Waals surface area (Å²) in [5.41, 5.74) is -0.107. The van der Waals surface area contributed by atoms with Gasteiger partial charge in [0.15, 0.2) is 11.6 Å². The molecule has 5 nitrogen and oxygen atoms in total. The van der Waals surface area contributed by atoms with E-state index in [1.165, 1.54) is 6.07 Å². The molecule has 1 rings (SSSR count). The van der Waals surface area contributed by atoms with Gasteiger partial charge in [0.25, 0.3) is 0 Å². The molecule has 24 heavy (non-hydrogen) atoms. The second kappa shape index (κ2) is 8.39. The largest absolute Gasteiger partial charge is 0.393 e. The maximum Gasteiger partial charge on any atom is 0.315 e. The van der Waals surface area contributed by atoms with Crippen molar-refractivity contribution in [2.24, 2.45) is 5.41 Å². The molecule has 0 radical (unpaired) electrons. The number of hydrogen-bond acceptors (Lipinski definition) is 3. The number of halogens is 2. The van der Waals surface area contributed by atoms with Crippen LogP contribution >= 0.6 is 0 Å². The van der Waals surface area contributed by atoms with Gasteiger partial charge in [0.1, 0.15) is 0 Å². The number of urea groups is 1. The Kier molecular flexibility index (Phi) is 7.10. The van der Waals surface area contributed by atoms with Crippen molar-refractivity contribution < 1.29 is 23.8 Å². The Morgan fingerprint density at radius 1 is 1.21 bits per heavy atom. The van der Waals surface area contributed by atoms with Crippen molar-refractivity contribution in [2.45, 2.75) is 52.4 Å². The summed E-state index contributed by atoms with van der Waals surface area (Å²) in [4.78, 5) is 11.9. The van der Waals surface area contributed by atoms with Gasteiger partial charge in [0.2, 0.25) is 0 Å². The van der Waals surface area contributed by atoms with Crippen LogP contribution in [0.2, 0.25) is 0 Å². The van der Waals surface area contributed by atoms with Gasteiger partial charge in [-0.2, -0.15) is 0 Å². The van der Waals surface area contributed by atoms with Crippen LogP contribution in [-0.2, 0) is 0 Å². The zero-order valence-electron chi connectivity index (χ0n) is 14.4. The molecule has 0 aromatic heterocycles. The van der Waals surface area contributed by atoms with Crippen molar-refractivity contribution in [1.29, 1.82) is 0 Å². The summed E-state index contributed by atoms with van der Waals surface area (Å²) in [6, 6.07) is 1.92. The van der Waals surface area contributed by atoms with E-state index in [9.17, 15) is 23.8 Å². The Hall–Kier alpha value is -1.73. The minimum absolute atomic E-state index is 0.177. The van der Waals surface area contributed by atoms with E-state index in [0.717, 1.165) is 12.1 Å². The number of benzene rings is 1. The summed E-state index contributed by atoms with van der Waals surface area (Å²) >= 11 is 0. The first-order valence-corrected chi connectivity index (χ1v) is 7.87. The molecule has 0 aliphatic heterocycles. The van der Waals surface area contributed by atoms with Crippen LogP contribution in [0.4, 0.5) is 13.6 Å². The number of rotatable bonds is 7. The second-order valence-corrected chi connectivity index (χ2v) is 6.95. The highest BCUT2D eigenvalue weighted by Crippen LogP contribution is 2.21. The molecule has 0 saturated carbocycles. The number of aliphatic hydroxyl groups is 2. The third kappa shape index (κ3) is 6.41. The monoisotopic (exact) mass is 344 g/mol. The Morgan fingerprint density at radius 3 is 2.38 bits per heavy atom. The summed E-state index contributed by atoms with van der Waals surface area (Å²) in [6.45, 7) is 7.42. The van der Waals surface area contributed by atoms with Crippen LogP contribution in [0.1, 0.15) is 45.8 Å². The van der Waals surface area contributed by atoms with E-state index in [1.54, 1.807) is 13.8 Å². The molecule has 7 heteroatoms. The molecule has 0 fully saturated rings. The molecule has 0 aliphatic rings. The molecule has 3 unspecified atom stereocenters. The van der Waals surface area contributed by atoms with Crippen molar-refractivity contribution in [3.63, 3.8) is 0 Å². The lowest BCUT2D eigenvalue weighted by Crippen LogP contribution is -2.46. The second-order valence-electron chi connectivity index (χ2n) is 6.95. The topological polar surface area (TPSA) is 81.6 Å². The van der Waals surface area contributed by atoms with Gasteiger partial charge in [0, 0.05) is 6.54 Å². The fourth-order valence-electron chi connectivity index (χ4n) is 2.51. The fraction of sp³-hybridized carbons (Fsp3) is 0.588. The lowest BCUT2D eigenvalue weighted by atomic mass is 9.87. The molecule has 2 amide bonds. The number of nitrogens with one attached hydrogen (secondary N) is 2. The average Bonchev–Trinajstić information content (AvgIpc) is 2.46. The van der Waals surface area contributed by atoms with Gasteiger partial charge in [-0.15, -0.1) is 0 Å². The quantitative estimate of drug-likeness (QED) is 0.613. The van der Waals surface area contributed by atoms with Crippen LogP contribution in [0.25, 0.3) is 0 Å². The molecule has 4 N–H and O–H groups in total. The molecule has 0 saturated heterocycles. The Labute approximate surface area is 141 Å². The van der Waals surface area contributed by atoms with Crippen LogP contribution in [0.3, 0.4) is 0 Å². The van der Waals surface area contributed by atoms with Crippen LogP contribution in [0.15, 0.2) is 18.2 Å². The number of hydrogen-bond donors (Lipinski definition) is 4. The summed E-state index contributed by atoms with van der Waals surface area (Å²) in [5, 5.41) is 24.8. The minimum Gasteiger partial charge on any atom is -0.393 e. The maximum atomic E-state index is 13.2. The van der Waals surface area contributed by atoms with E-state index in [2.05, 4.69) is 10.6 Å².